The monoisotopic (exact) mass is 926 g/mol. The van der Waals surface area contributed by atoms with Crippen LogP contribution in [0.1, 0.15) is 65.9 Å². The molecule has 65 heavy (non-hydrogen) atoms. The van der Waals surface area contributed by atoms with Crippen LogP contribution >= 0.6 is 0 Å². The molecule has 22 heteroatoms. The van der Waals surface area contributed by atoms with Crippen molar-refractivity contribution in [3.8, 4) is 5.75 Å². The number of nitrogens with zero attached hydrogens (tertiary/aromatic N) is 2. The van der Waals surface area contributed by atoms with Gasteiger partial charge in [-0.1, -0.05) is 63.6 Å². The number of phenols is 1. The molecule has 0 aliphatic rings. The molecule has 20 nitrogen and oxygen atoms in total. The average Bonchev–Trinajstić information content (AvgIpc) is 3.26. The third-order valence-corrected chi connectivity index (χ3v) is 11.7. The van der Waals surface area contributed by atoms with Crippen LogP contribution in [-0.2, 0) is 41.4 Å². The van der Waals surface area contributed by atoms with Crippen LogP contribution in [0.3, 0.4) is 0 Å². The summed E-state index contributed by atoms with van der Waals surface area (Å²) in [5.41, 5.74) is 12.5. The second kappa shape index (κ2) is 28.2. The normalized spacial score (nSPS) is 14.6. The van der Waals surface area contributed by atoms with Crippen molar-refractivity contribution >= 4 is 70.6 Å². The Bertz CT molecular complexity index is 2060. The number of amides is 5. The Labute approximate surface area is 383 Å². The van der Waals surface area contributed by atoms with Crippen molar-refractivity contribution in [2.24, 2.45) is 22.4 Å². The Kier molecular flexibility index (Phi) is 24.0. The van der Waals surface area contributed by atoms with E-state index in [9.17, 15) is 38.4 Å². The first kappa shape index (κ1) is 55.3. The first-order valence-corrected chi connectivity index (χ1v) is 22.5. The summed E-state index contributed by atoms with van der Waals surface area (Å²) in [7, 11) is 0.464. The number of hydrogen-bond donors (Lipinski definition) is 12. The van der Waals surface area contributed by atoms with Gasteiger partial charge in [0.2, 0.25) is 30.0 Å². The van der Waals surface area contributed by atoms with Crippen LogP contribution in [0.25, 0.3) is 10.8 Å². The number of carbonyl (C=O) groups is 5. The van der Waals surface area contributed by atoms with Gasteiger partial charge in [-0.3, -0.25) is 29.0 Å². The molecule has 0 saturated heterocycles. The molecular formula is C43H67BN10O10S. The van der Waals surface area contributed by atoms with Gasteiger partial charge >= 0.3 is 7.12 Å². The van der Waals surface area contributed by atoms with E-state index in [0.717, 1.165) is 16.5 Å². The molecule has 0 aromatic heterocycles. The zero-order valence-corrected chi connectivity index (χ0v) is 38.9. The van der Waals surface area contributed by atoms with E-state index in [1.165, 1.54) is 12.1 Å². The van der Waals surface area contributed by atoms with Gasteiger partial charge in [-0.05, 0) is 75.3 Å². The molecule has 8 unspecified atom stereocenters. The van der Waals surface area contributed by atoms with Crippen molar-refractivity contribution in [2.45, 2.75) is 108 Å². The molecule has 0 aliphatic heterocycles. The number of phenolic OH excluding ortho intramolecular Hbond substituents is 1. The number of aliphatic imine (C=N–C) groups is 1. The van der Waals surface area contributed by atoms with E-state index in [1.54, 1.807) is 52.0 Å². The third kappa shape index (κ3) is 18.7. The van der Waals surface area contributed by atoms with Crippen LogP contribution < -0.4 is 47.7 Å². The van der Waals surface area contributed by atoms with Gasteiger partial charge in [0.15, 0.2) is 5.96 Å². The highest BCUT2D eigenvalue weighted by Gasteiger charge is 2.30. The number of fused-ring (bicyclic) bond motifs is 1. The van der Waals surface area contributed by atoms with Gasteiger partial charge in [0.05, 0.1) is 29.5 Å². The smallest absolute Gasteiger partial charge is 0.475 e. The number of aliphatic hydroxyl groups is 1. The predicted octanol–water partition coefficient (Wildman–Crippen LogP) is -0.571. The topological polar surface area (TPSA) is 323 Å². The highest BCUT2D eigenvalue weighted by atomic mass is 32.2. The van der Waals surface area contributed by atoms with Crippen molar-refractivity contribution in [1.29, 1.82) is 0 Å². The number of rotatable bonds is 25. The number of guanidine groups is 1. The van der Waals surface area contributed by atoms with Crippen LogP contribution in [0.4, 0.5) is 5.69 Å². The van der Waals surface area contributed by atoms with E-state index in [1.807, 2.05) is 50.2 Å². The lowest BCUT2D eigenvalue weighted by atomic mass is 9.78. The zero-order chi connectivity index (χ0) is 48.8. The molecule has 0 bridgehead atoms. The molecule has 14 N–H and O–H groups in total. The van der Waals surface area contributed by atoms with Gasteiger partial charge in [-0.25, -0.2) is 8.93 Å². The van der Waals surface area contributed by atoms with Gasteiger partial charge in [-0.2, -0.15) is 0 Å². The molecule has 3 aromatic rings. The van der Waals surface area contributed by atoms with Gasteiger partial charge in [0.25, 0.3) is 0 Å². The number of aliphatic hydroxyl groups excluding tert-OH is 1. The molecule has 3 rings (SSSR count). The zero-order valence-electron chi connectivity index (χ0n) is 38.1. The van der Waals surface area contributed by atoms with Crippen LogP contribution in [0.15, 0.2) is 70.6 Å². The number of nitrogens with two attached hydrogens (primary N) is 2. The summed E-state index contributed by atoms with van der Waals surface area (Å²) >= 11 is 0. The number of carbonyl (C=O) groups excluding carboxylic acids is 5. The van der Waals surface area contributed by atoms with Gasteiger partial charge in [0.1, 0.15) is 34.9 Å². The largest absolute Gasteiger partial charge is 0.508 e. The summed E-state index contributed by atoms with van der Waals surface area (Å²) in [4.78, 5) is 69.9. The van der Waals surface area contributed by atoms with E-state index < -0.39 is 84.5 Å². The summed E-state index contributed by atoms with van der Waals surface area (Å²) in [5, 5.41) is 51.2. The minimum Gasteiger partial charge on any atom is -0.508 e. The first-order chi connectivity index (χ1) is 30.7. The predicted molar refractivity (Wildman–Crippen MR) is 252 cm³/mol. The van der Waals surface area contributed by atoms with Crippen molar-refractivity contribution < 1.29 is 48.4 Å². The quantitative estimate of drug-likeness (QED) is 0.0167. The fraction of sp³-hybridized carbons (Fsp3) is 0.488. The summed E-state index contributed by atoms with van der Waals surface area (Å²) < 4.78 is 17.0. The third-order valence-electron chi connectivity index (χ3n) is 10.5. The maximum atomic E-state index is 14.1. The van der Waals surface area contributed by atoms with Crippen molar-refractivity contribution in [1.82, 2.24) is 31.3 Å². The number of hydrogen-bond acceptors (Lipinski definition) is 12. The molecule has 0 fully saturated rings. The molecule has 8 atom stereocenters. The Morgan fingerprint density at radius 3 is 2.06 bits per heavy atom. The maximum Gasteiger partial charge on any atom is 0.475 e. The second-order valence-corrected chi connectivity index (χ2v) is 17.0. The molecule has 358 valence electrons. The summed E-state index contributed by atoms with van der Waals surface area (Å²) in [6, 6.07) is 13.6. The van der Waals surface area contributed by atoms with Crippen molar-refractivity contribution in [3.63, 3.8) is 0 Å². The fourth-order valence-corrected chi connectivity index (χ4v) is 7.42. The van der Waals surface area contributed by atoms with E-state index >= 15 is 0 Å². The Morgan fingerprint density at radius 2 is 1.51 bits per heavy atom. The SMILES string of the molecule is CCC(C)C(NC(=O)CNC(=O)C(CCCN=C(N)N)NC(=O)C(Cc1ccc(O)cc1)NS(=O)c1cccc2c(N(C)C)cccc12)C(=O)NC(C)C(C)O.CCC(NC=O)B(O)O. The number of aromatic hydroxyl groups is 1. The fourth-order valence-electron chi connectivity index (χ4n) is 6.26. The Balaban J connectivity index is 0.00000145. The highest BCUT2D eigenvalue weighted by molar-refractivity contribution is 7.83. The molecule has 0 radical (unpaired) electrons. The van der Waals surface area contributed by atoms with Gasteiger partial charge in [-0.15, -0.1) is 0 Å². The standard InChI is InChI=1S/C39H57N9O7S.C4H10BNO3/c1-7-23(2)35(38(54)44-24(3)25(4)49)46-34(51)22-43-36(52)30(13-10-20-42-39(40)41)45-37(53)31(21-26-16-18-27(50)19-17-26)47-56(55)33-15-9-11-28-29(33)12-8-14-32(28)48(5)6;1-2-4(5(8)9)6-3-7/h8-9,11-12,14-19,23-25,30-31,35,47,49-50H,7,10,13,20-22H2,1-6H3,(H,43,52)(H,44,54)(H,45,53)(H,46,51)(H4,40,41,42);3-4,8-9H,2H2,1H3,(H,6,7). The number of anilines is 1. The first-order valence-electron chi connectivity index (χ1n) is 21.4. The molecule has 5 amide bonds. The van der Waals surface area contributed by atoms with Crippen LogP contribution in [0.2, 0.25) is 0 Å². The van der Waals surface area contributed by atoms with E-state index in [-0.39, 0.29) is 43.4 Å². The molecule has 0 spiro atoms. The molecule has 0 aliphatic carbocycles. The van der Waals surface area contributed by atoms with E-state index in [4.69, 9.17) is 21.5 Å². The summed E-state index contributed by atoms with van der Waals surface area (Å²) in [5.74, 6) is -3.33. The molecule has 0 heterocycles. The summed E-state index contributed by atoms with van der Waals surface area (Å²) in [6.45, 7) is 8.27. The molecular weight excluding hydrogens is 859 g/mol. The Morgan fingerprint density at radius 1 is 0.862 bits per heavy atom. The maximum absolute atomic E-state index is 14.1. The number of benzene rings is 3. The molecule has 0 saturated carbocycles. The molecule has 3 aromatic carbocycles. The lowest BCUT2D eigenvalue weighted by Gasteiger charge is -2.26. The minimum atomic E-state index is -1.90. The van der Waals surface area contributed by atoms with E-state index in [0.29, 0.717) is 29.7 Å². The minimum absolute atomic E-state index is 0.0331. The lowest BCUT2D eigenvalue weighted by Crippen LogP contribution is -2.56. The van der Waals surface area contributed by atoms with Crippen molar-refractivity contribution in [2.75, 3.05) is 32.1 Å². The lowest BCUT2D eigenvalue weighted by molar-refractivity contribution is -0.132. The van der Waals surface area contributed by atoms with Gasteiger partial charge in [0, 0.05) is 37.1 Å². The summed E-state index contributed by atoms with van der Waals surface area (Å²) in [6.07, 6.45) is 1.13. The Hall–Kier alpha value is -5.81. The van der Waals surface area contributed by atoms with Crippen LogP contribution in [0, 0.1) is 5.92 Å². The number of nitrogens with one attached hydrogen (secondary N) is 6. The van der Waals surface area contributed by atoms with E-state index in [2.05, 4.69) is 36.3 Å². The van der Waals surface area contributed by atoms with Crippen LogP contribution in [0.5, 0.6) is 5.75 Å². The van der Waals surface area contributed by atoms with Gasteiger partial charge < -0.3 is 63.2 Å². The van der Waals surface area contributed by atoms with Crippen molar-refractivity contribution in [3.05, 3.63) is 66.2 Å². The second-order valence-electron chi connectivity index (χ2n) is 15.7. The van der Waals surface area contributed by atoms with Crippen LogP contribution in [-0.4, -0.2) is 131 Å². The average molecular weight is 927 g/mol. The highest BCUT2D eigenvalue weighted by Crippen LogP contribution is 2.29.